The van der Waals surface area contributed by atoms with Crippen LogP contribution in [0.2, 0.25) is 5.02 Å². The molecule has 102 valence electrons. The summed E-state index contributed by atoms with van der Waals surface area (Å²) in [6, 6.07) is 5.49. The van der Waals surface area contributed by atoms with E-state index in [1.54, 1.807) is 20.3 Å². The summed E-state index contributed by atoms with van der Waals surface area (Å²) in [6.45, 7) is 3.96. The first-order chi connectivity index (χ1) is 8.44. The van der Waals surface area contributed by atoms with E-state index in [9.17, 15) is 0 Å². The Morgan fingerprint density at radius 1 is 1.39 bits per heavy atom. The Bertz CT molecular complexity index is 397. The molecule has 5 heteroatoms. The Hall–Kier alpha value is -0.810. The number of methoxy groups -OCH3 is 2. The largest absolute Gasteiger partial charge is 0.496 e. The minimum atomic E-state index is -0.387. The second kappa shape index (κ2) is 6.38. The lowest BCUT2D eigenvalue weighted by atomic mass is 9.92. The molecule has 0 aliphatic carbocycles. The molecule has 0 spiro atoms. The van der Waals surface area contributed by atoms with Gasteiger partial charge in [-0.3, -0.25) is 11.3 Å². The maximum Gasteiger partial charge on any atom is 0.122 e. The van der Waals surface area contributed by atoms with Crippen molar-refractivity contribution in [3.05, 3.63) is 28.8 Å². The summed E-state index contributed by atoms with van der Waals surface area (Å²) in [7, 11) is 3.30. The first-order valence-corrected chi connectivity index (χ1v) is 6.16. The van der Waals surface area contributed by atoms with Gasteiger partial charge >= 0.3 is 0 Å². The van der Waals surface area contributed by atoms with Gasteiger partial charge in [0, 0.05) is 12.1 Å². The van der Waals surface area contributed by atoms with E-state index in [0.717, 1.165) is 11.3 Å². The monoisotopic (exact) mass is 272 g/mol. The minimum absolute atomic E-state index is 0.0464. The van der Waals surface area contributed by atoms with Gasteiger partial charge < -0.3 is 9.47 Å². The molecule has 0 heterocycles. The highest BCUT2D eigenvalue weighted by atomic mass is 35.5. The zero-order valence-electron chi connectivity index (χ0n) is 11.3. The van der Waals surface area contributed by atoms with E-state index in [4.69, 9.17) is 26.9 Å². The average Bonchev–Trinajstić information content (AvgIpc) is 2.35. The van der Waals surface area contributed by atoms with Gasteiger partial charge in [-0.15, -0.1) is 0 Å². The van der Waals surface area contributed by atoms with Crippen LogP contribution in [0.4, 0.5) is 0 Å². The maximum absolute atomic E-state index is 6.01. The number of benzene rings is 1. The van der Waals surface area contributed by atoms with Crippen molar-refractivity contribution in [2.24, 2.45) is 5.84 Å². The fourth-order valence-corrected chi connectivity index (χ4v) is 1.97. The van der Waals surface area contributed by atoms with Crippen LogP contribution in [0.25, 0.3) is 0 Å². The Labute approximate surface area is 113 Å². The molecule has 0 bridgehead atoms. The standard InChI is InChI=1S/C13H21ClN2O2/c1-13(2,18-4)12(16-15)8-9-7-10(14)5-6-11(9)17-3/h5-7,12,16H,8,15H2,1-4H3. The van der Waals surface area contributed by atoms with Crippen molar-refractivity contribution < 1.29 is 9.47 Å². The molecule has 1 unspecified atom stereocenters. The molecule has 1 aromatic rings. The lowest BCUT2D eigenvalue weighted by Gasteiger charge is -2.33. The zero-order chi connectivity index (χ0) is 13.8. The summed E-state index contributed by atoms with van der Waals surface area (Å²) in [5, 5.41) is 0.678. The number of ether oxygens (including phenoxy) is 2. The highest BCUT2D eigenvalue weighted by molar-refractivity contribution is 6.30. The quantitative estimate of drug-likeness (QED) is 0.615. The van der Waals surface area contributed by atoms with E-state index < -0.39 is 0 Å². The molecule has 0 saturated heterocycles. The van der Waals surface area contributed by atoms with Crippen molar-refractivity contribution in [2.75, 3.05) is 14.2 Å². The van der Waals surface area contributed by atoms with E-state index in [0.29, 0.717) is 11.4 Å². The van der Waals surface area contributed by atoms with Gasteiger partial charge in [0.15, 0.2) is 0 Å². The van der Waals surface area contributed by atoms with Crippen LogP contribution in [-0.2, 0) is 11.2 Å². The molecule has 1 atom stereocenters. The second-order valence-electron chi connectivity index (χ2n) is 4.69. The number of halogens is 1. The third kappa shape index (κ3) is 3.59. The fraction of sp³-hybridized carbons (Fsp3) is 0.538. The first-order valence-electron chi connectivity index (χ1n) is 5.78. The Balaban J connectivity index is 2.97. The van der Waals surface area contributed by atoms with Gasteiger partial charge in [-0.05, 0) is 44.0 Å². The maximum atomic E-state index is 6.01. The van der Waals surface area contributed by atoms with Crippen LogP contribution in [0.1, 0.15) is 19.4 Å². The minimum Gasteiger partial charge on any atom is -0.496 e. The van der Waals surface area contributed by atoms with Crippen molar-refractivity contribution in [3.63, 3.8) is 0 Å². The number of rotatable bonds is 6. The zero-order valence-corrected chi connectivity index (χ0v) is 12.0. The summed E-state index contributed by atoms with van der Waals surface area (Å²) >= 11 is 6.01. The fourth-order valence-electron chi connectivity index (χ4n) is 1.77. The van der Waals surface area contributed by atoms with Gasteiger partial charge in [0.2, 0.25) is 0 Å². The highest BCUT2D eigenvalue weighted by Crippen LogP contribution is 2.26. The van der Waals surface area contributed by atoms with E-state index in [1.807, 2.05) is 26.0 Å². The van der Waals surface area contributed by atoms with E-state index >= 15 is 0 Å². The van der Waals surface area contributed by atoms with Crippen LogP contribution in [0.15, 0.2) is 18.2 Å². The van der Waals surface area contributed by atoms with Crippen LogP contribution >= 0.6 is 11.6 Å². The lowest BCUT2D eigenvalue weighted by molar-refractivity contribution is -0.0102. The normalized spacial score (nSPS) is 13.4. The van der Waals surface area contributed by atoms with Crippen LogP contribution in [0, 0.1) is 0 Å². The van der Waals surface area contributed by atoms with E-state index in [1.165, 1.54) is 0 Å². The van der Waals surface area contributed by atoms with Crippen molar-refractivity contribution in [3.8, 4) is 5.75 Å². The smallest absolute Gasteiger partial charge is 0.122 e. The average molecular weight is 273 g/mol. The van der Waals surface area contributed by atoms with Crippen LogP contribution in [0.3, 0.4) is 0 Å². The van der Waals surface area contributed by atoms with Gasteiger partial charge in [-0.25, -0.2) is 0 Å². The Kier molecular flexibility index (Phi) is 5.41. The van der Waals surface area contributed by atoms with Crippen LogP contribution in [0.5, 0.6) is 5.75 Å². The number of nitrogens with one attached hydrogen (secondary N) is 1. The van der Waals surface area contributed by atoms with Gasteiger partial charge in [0.25, 0.3) is 0 Å². The molecule has 0 radical (unpaired) electrons. The summed E-state index contributed by atoms with van der Waals surface area (Å²) < 4.78 is 10.8. The molecule has 4 nitrogen and oxygen atoms in total. The number of hydrogen-bond donors (Lipinski definition) is 2. The van der Waals surface area contributed by atoms with Crippen molar-refractivity contribution in [2.45, 2.75) is 31.9 Å². The van der Waals surface area contributed by atoms with Crippen molar-refractivity contribution in [1.29, 1.82) is 0 Å². The van der Waals surface area contributed by atoms with Crippen molar-refractivity contribution in [1.82, 2.24) is 5.43 Å². The second-order valence-corrected chi connectivity index (χ2v) is 5.12. The summed E-state index contributed by atoms with van der Waals surface area (Å²) in [4.78, 5) is 0. The van der Waals surface area contributed by atoms with Gasteiger partial charge in [-0.2, -0.15) is 0 Å². The van der Waals surface area contributed by atoms with E-state index in [-0.39, 0.29) is 11.6 Å². The molecule has 1 rings (SSSR count). The SMILES string of the molecule is COc1ccc(Cl)cc1CC(NN)C(C)(C)OC. The molecule has 0 fully saturated rings. The van der Waals surface area contributed by atoms with Gasteiger partial charge in [-0.1, -0.05) is 11.6 Å². The van der Waals surface area contributed by atoms with Crippen LogP contribution < -0.4 is 16.0 Å². The highest BCUT2D eigenvalue weighted by Gasteiger charge is 2.29. The molecule has 0 aliphatic rings. The van der Waals surface area contributed by atoms with Crippen molar-refractivity contribution >= 4 is 11.6 Å². The van der Waals surface area contributed by atoms with Crippen LogP contribution in [-0.4, -0.2) is 25.9 Å². The molecular formula is C13H21ClN2O2. The van der Waals surface area contributed by atoms with Gasteiger partial charge in [0.05, 0.1) is 18.8 Å². The molecule has 0 saturated carbocycles. The summed E-state index contributed by atoms with van der Waals surface area (Å²) in [5.41, 5.74) is 3.40. The van der Waals surface area contributed by atoms with E-state index in [2.05, 4.69) is 5.43 Å². The molecule has 1 aromatic carbocycles. The lowest BCUT2D eigenvalue weighted by Crippen LogP contribution is -2.52. The molecule has 3 N–H and O–H groups in total. The molecule has 0 amide bonds. The van der Waals surface area contributed by atoms with Gasteiger partial charge in [0.1, 0.15) is 5.75 Å². The number of nitrogens with two attached hydrogens (primary N) is 1. The third-order valence-corrected chi connectivity index (χ3v) is 3.47. The molecular weight excluding hydrogens is 252 g/mol. The number of hydrazine groups is 1. The molecule has 0 aliphatic heterocycles. The molecule has 18 heavy (non-hydrogen) atoms. The predicted octanol–water partition coefficient (Wildman–Crippen LogP) is 2.15. The topological polar surface area (TPSA) is 56.5 Å². The summed E-state index contributed by atoms with van der Waals surface area (Å²) in [5.74, 6) is 6.41. The summed E-state index contributed by atoms with van der Waals surface area (Å²) in [6.07, 6.45) is 0.668. The third-order valence-electron chi connectivity index (χ3n) is 3.23. The first kappa shape index (κ1) is 15.2. The Morgan fingerprint density at radius 2 is 2.06 bits per heavy atom. The molecule has 0 aromatic heterocycles. The predicted molar refractivity (Wildman–Crippen MR) is 73.9 cm³/mol. The Morgan fingerprint density at radius 3 is 2.56 bits per heavy atom. The number of hydrogen-bond acceptors (Lipinski definition) is 4.